The molecule has 0 spiro atoms. The molecule has 12 atom stereocenters. The molecular formula is C41H70N6O5. The van der Waals surface area contributed by atoms with Crippen LogP contribution in [0.25, 0.3) is 0 Å². The largest absolute Gasteiger partial charge is 0.481 e. The third-order valence-corrected chi connectivity index (χ3v) is 16.7. The van der Waals surface area contributed by atoms with Gasteiger partial charge in [-0.25, -0.2) is 0 Å². The minimum absolute atomic E-state index is 0.127. The van der Waals surface area contributed by atoms with Crippen LogP contribution in [0.1, 0.15) is 120 Å². The van der Waals surface area contributed by atoms with Crippen molar-refractivity contribution in [1.29, 1.82) is 0 Å². The second kappa shape index (κ2) is 13.9. The topological polar surface area (TPSA) is 138 Å². The van der Waals surface area contributed by atoms with Crippen molar-refractivity contribution in [3.05, 3.63) is 11.6 Å². The van der Waals surface area contributed by atoms with E-state index >= 15 is 0 Å². The lowest BCUT2D eigenvalue weighted by Crippen LogP contribution is -2.70. The Balaban J connectivity index is 1.50. The molecule has 0 aromatic carbocycles. The average molecular weight is 727 g/mol. The lowest BCUT2D eigenvalue weighted by molar-refractivity contribution is -0.257. The summed E-state index contributed by atoms with van der Waals surface area (Å²) in [7, 11) is 1.77. The smallest absolute Gasteiger partial charge is 0.307 e. The fourth-order valence-corrected chi connectivity index (χ4v) is 13.4. The quantitative estimate of drug-likeness (QED) is 0.206. The van der Waals surface area contributed by atoms with Gasteiger partial charge in [0.15, 0.2) is 0 Å². The number of hydrogen-bond acceptors (Lipinski definition) is 9. The van der Waals surface area contributed by atoms with Crippen LogP contribution >= 0.6 is 0 Å². The Labute approximate surface area is 313 Å². The SMILES string of the molecule is CCN(CC)C(C)(CCOC)CO[C@H]1[C@H](n2nnc(N)n2)C[C@]2(C)COC[C@@]13C1=CC[C@@]4(C)[C@H](C(=O)O)[C@@](C)([C@H](C)C(C)C)CC[C@]4(C)[C@H]1CC[C@H]23. The first-order chi connectivity index (χ1) is 24.4. The summed E-state index contributed by atoms with van der Waals surface area (Å²) in [4.78, 5) is 17.8. The van der Waals surface area contributed by atoms with Gasteiger partial charge in [0.1, 0.15) is 6.04 Å². The fourth-order valence-electron chi connectivity index (χ4n) is 13.4. The summed E-state index contributed by atoms with van der Waals surface area (Å²) in [6.45, 7) is 27.2. The monoisotopic (exact) mass is 727 g/mol. The number of tetrazole rings is 1. The summed E-state index contributed by atoms with van der Waals surface area (Å²) in [6.07, 6.45) is 8.61. The number of allylic oxidation sites excluding steroid dienone is 1. The van der Waals surface area contributed by atoms with Gasteiger partial charge < -0.3 is 25.1 Å². The van der Waals surface area contributed by atoms with Crippen molar-refractivity contribution in [1.82, 2.24) is 25.1 Å². The fraction of sp³-hybridized carbons (Fsp3) is 0.902. The number of nitrogens with zero attached hydrogens (tertiary/aromatic N) is 5. The third kappa shape index (κ3) is 5.71. The zero-order valence-corrected chi connectivity index (χ0v) is 34.2. The molecule has 0 amide bonds. The highest BCUT2D eigenvalue weighted by atomic mass is 16.5. The maximum absolute atomic E-state index is 13.6. The van der Waals surface area contributed by atoms with Gasteiger partial charge in [0.2, 0.25) is 0 Å². The highest BCUT2D eigenvalue weighted by molar-refractivity contribution is 5.73. The maximum Gasteiger partial charge on any atom is 0.307 e. The van der Waals surface area contributed by atoms with Gasteiger partial charge in [0, 0.05) is 24.7 Å². The van der Waals surface area contributed by atoms with Gasteiger partial charge in [-0.15, -0.1) is 5.10 Å². The average Bonchev–Trinajstić information content (AvgIpc) is 3.53. The molecule has 294 valence electrons. The van der Waals surface area contributed by atoms with Crippen LogP contribution in [-0.4, -0.2) is 94.5 Å². The number of carboxylic acids is 1. The van der Waals surface area contributed by atoms with Crippen LogP contribution in [-0.2, 0) is 19.0 Å². The van der Waals surface area contributed by atoms with Crippen molar-refractivity contribution in [3.63, 3.8) is 0 Å². The van der Waals surface area contributed by atoms with E-state index in [-0.39, 0.29) is 45.8 Å². The number of fused-ring (bicyclic) bond motifs is 3. The predicted molar refractivity (Wildman–Crippen MR) is 202 cm³/mol. The van der Waals surface area contributed by atoms with Crippen molar-refractivity contribution in [2.75, 3.05) is 52.4 Å². The summed E-state index contributed by atoms with van der Waals surface area (Å²) in [6, 6.07) is -0.188. The predicted octanol–water partition coefficient (Wildman–Crippen LogP) is 6.91. The maximum atomic E-state index is 13.6. The number of carbonyl (C=O) groups is 1. The first kappa shape index (κ1) is 39.6. The number of aromatic nitrogens is 4. The first-order valence-corrected chi connectivity index (χ1v) is 20.3. The normalized spacial score (nSPS) is 41.8. The van der Waals surface area contributed by atoms with E-state index in [4.69, 9.17) is 19.9 Å². The molecule has 11 nitrogen and oxygen atoms in total. The van der Waals surface area contributed by atoms with Crippen molar-refractivity contribution in [3.8, 4) is 0 Å². The number of ether oxygens (including phenoxy) is 3. The Hall–Kier alpha value is -2.08. The molecule has 3 N–H and O–H groups in total. The number of methoxy groups -OCH3 is 1. The highest BCUT2D eigenvalue weighted by Crippen LogP contribution is 2.75. The van der Waals surface area contributed by atoms with Crippen LogP contribution in [0.4, 0.5) is 5.95 Å². The number of carboxylic acid groups (broad SMARTS) is 1. The van der Waals surface area contributed by atoms with E-state index in [2.05, 4.69) is 95.6 Å². The zero-order valence-electron chi connectivity index (χ0n) is 34.2. The molecule has 4 fully saturated rings. The molecule has 0 radical (unpaired) electrons. The number of likely N-dealkylation sites (N-methyl/N-ethyl adjacent to an activating group) is 1. The molecule has 4 aliphatic carbocycles. The molecule has 1 aliphatic heterocycles. The minimum atomic E-state index is -0.638. The lowest BCUT2D eigenvalue weighted by atomic mass is 9.34. The molecule has 1 saturated heterocycles. The van der Waals surface area contributed by atoms with Crippen molar-refractivity contribution in [2.45, 2.75) is 132 Å². The number of hydrogen-bond donors (Lipinski definition) is 2. The summed E-state index contributed by atoms with van der Waals surface area (Å²) in [5.74, 6) is 0.344. The van der Waals surface area contributed by atoms with Gasteiger partial charge in [-0.2, -0.15) is 4.80 Å². The summed E-state index contributed by atoms with van der Waals surface area (Å²) >= 11 is 0. The van der Waals surface area contributed by atoms with E-state index in [1.165, 1.54) is 5.57 Å². The number of nitrogens with two attached hydrogens (primary N) is 1. The van der Waals surface area contributed by atoms with Crippen LogP contribution in [0.5, 0.6) is 0 Å². The minimum Gasteiger partial charge on any atom is -0.481 e. The zero-order chi connectivity index (χ0) is 38.1. The molecule has 1 aromatic heterocycles. The molecule has 6 rings (SSSR count). The van der Waals surface area contributed by atoms with Crippen molar-refractivity contribution in [2.24, 2.45) is 56.7 Å². The standard InChI is InChI=1S/C41H70N6O5/c1-12-46(13-2)37(7,20-21-50-11)24-52-33-30(47-44-35(42)43-45-47)22-36(6)23-51-25-41(33)29-16-17-40(10)32(34(48)49)38(8,27(5)26(3)4)18-19-39(40,9)28(29)14-15-31(36)41/h16,26-28,30-33H,12-15,17-25H2,1-11H3,(H2,42,44)(H,48,49)/t27-,28+,30-,31-,32-,33+,36-,37?,38-,39-,40+,41+/m1/s1. The van der Waals surface area contributed by atoms with Gasteiger partial charge in [0.25, 0.3) is 5.95 Å². The molecule has 2 heterocycles. The van der Waals surface area contributed by atoms with Gasteiger partial charge >= 0.3 is 5.97 Å². The van der Waals surface area contributed by atoms with E-state index in [0.717, 1.165) is 58.0 Å². The number of rotatable bonds is 13. The first-order valence-electron chi connectivity index (χ1n) is 20.3. The molecule has 2 bridgehead atoms. The van der Waals surface area contributed by atoms with Gasteiger partial charge in [-0.1, -0.05) is 79.1 Å². The van der Waals surface area contributed by atoms with E-state index in [1.807, 2.05) is 0 Å². The second-order valence-electron chi connectivity index (χ2n) is 19.3. The number of nitrogen functional groups attached to an aromatic ring is 1. The summed E-state index contributed by atoms with van der Waals surface area (Å²) in [5, 5.41) is 24.5. The number of anilines is 1. The lowest BCUT2D eigenvalue weighted by Gasteiger charge is -2.71. The van der Waals surface area contributed by atoms with Crippen molar-refractivity contribution >= 4 is 11.9 Å². The third-order valence-electron chi connectivity index (χ3n) is 16.7. The van der Waals surface area contributed by atoms with Gasteiger partial charge in [-0.05, 0) is 116 Å². The van der Waals surface area contributed by atoms with Crippen LogP contribution in [0.15, 0.2) is 11.6 Å². The molecule has 11 heteroatoms. The Morgan fingerprint density at radius 1 is 1.13 bits per heavy atom. The Kier molecular flexibility index (Phi) is 10.6. The van der Waals surface area contributed by atoms with Gasteiger partial charge in [0.05, 0.1) is 31.8 Å². The van der Waals surface area contributed by atoms with Crippen LogP contribution in [0.3, 0.4) is 0 Å². The van der Waals surface area contributed by atoms with E-state index in [9.17, 15) is 9.90 Å². The Morgan fingerprint density at radius 3 is 2.44 bits per heavy atom. The molecular weight excluding hydrogens is 656 g/mol. The van der Waals surface area contributed by atoms with E-state index in [0.29, 0.717) is 44.2 Å². The molecule has 1 aromatic rings. The summed E-state index contributed by atoms with van der Waals surface area (Å²) < 4.78 is 19.9. The summed E-state index contributed by atoms with van der Waals surface area (Å²) in [5.41, 5.74) is 5.87. The van der Waals surface area contributed by atoms with E-state index < -0.39 is 22.7 Å². The van der Waals surface area contributed by atoms with Crippen molar-refractivity contribution < 1.29 is 24.1 Å². The van der Waals surface area contributed by atoms with Gasteiger partial charge in [-0.3, -0.25) is 9.69 Å². The van der Waals surface area contributed by atoms with E-state index in [1.54, 1.807) is 11.9 Å². The Morgan fingerprint density at radius 2 is 1.85 bits per heavy atom. The number of aliphatic carboxylic acids is 1. The highest BCUT2D eigenvalue weighted by Gasteiger charge is 2.73. The van der Waals surface area contributed by atoms with Crippen LogP contribution < -0.4 is 5.73 Å². The van der Waals surface area contributed by atoms with Crippen LogP contribution in [0, 0.1) is 56.7 Å². The molecule has 52 heavy (non-hydrogen) atoms. The molecule has 1 unspecified atom stereocenters. The molecule has 3 saturated carbocycles. The molecule has 5 aliphatic rings. The van der Waals surface area contributed by atoms with Crippen LogP contribution in [0.2, 0.25) is 0 Å². The Bertz CT molecular complexity index is 1500. The second-order valence-corrected chi connectivity index (χ2v) is 19.3.